The Balaban J connectivity index is 1.80. The molecule has 2 aromatic heterocycles. The third-order valence-corrected chi connectivity index (χ3v) is 6.32. The number of aromatic amines is 1. The third-order valence-electron chi connectivity index (χ3n) is 4.35. The van der Waals surface area contributed by atoms with Gasteiger partial charge in [0.1, 0.15) is 15.7 Å². The van der Waals surface area contributed by atoms with E-state index in [2.05, 4.69) is 25.2 Å². The van der Waals surface area contributed by atoms with Gasteiger partial charge in [0.2, 0.25) is 11.1 Å². The van der Waals surface area contributed by atoms with E-state index in [-0.39, 0.29) is 33.2 Å². The van der Waals surface area contributed by atoms with Crippen LogP contribution in [-0.2, 0) is 30.2 Å². The van der Waals surface area contributed by atoms with E-state index in [1.54, 1.807) is 0 Å². The van der Waals surface area contributed by atoms with Gasteiger partial charge in [0.05, 0.1) is 39.1 Å². The van der Waals surface area contributed by atoms with Crippen molar-refractivity contribution in [2.24, 2.45) is 0 Å². The van der Waals surface area contributed by atoms with E-state index in [1.807, 2.05) is 0 Å². The highest BCUT2D eigenvalue weighted by Crippen LogP contribution is 2.38. The Kier molecular flexibility index (Phi) is 7.28. The van der Waals surface area contributed by atoms with Crippen molar-refractivity contribution in [3.8, 4) is 0 Å². The van der Waals surface area contributed by atoms with Crippen LogP contribution in [-0.4, -0.2) is 66.1 Å². The number of esters is 3. The highest BCUT2D eigenvalue weighted by atomic mass is 32.2. The van der Waals surface area contributed by atoms with Crippen molar-refractivity contribution in [1.82, 2.24) is 15.2 Å². The van der Waals surface area contributed by atoms with Crippen LogP contribution in [0.1, 0.15) is 50.2 Å². The van der Waals surface area contributed by atoms with Crippen LogP contribution < -0.4 is 5.32 Å². The normalized spacial score (nSPS) is 12.9. The van der Waals surface area contributed by atoms with Gasteiger partial charge in [-0.15, -0.1) is 16.4 Å². The second-order valence-electron chi connectivity index (χ2n) is 6.46. The molecule has 1 saturated carbocycles. The average Bonchev–Trinajstić information content (AvgIpc) is 3.41. The molecule has 166 valence electrons. The molecule has 31 heavy (non-hydrogen) atoms. The van der Waals surface area contributed by atoms with E-state index >= 15 is 0 Å². The number of rotatable bonds is 9. The van der Waals surface area contributed by atoms with Crippen LogP contribution in [0.5, 0.6) is 0 Å². The number of carbonyl (C=O) groups excluding carboxylic acids is 4. The molecule has 0 radical (unpaired) electrons. The Hall–Kier alpha value is -2.93. The number of anilines is 1. The number of nitrogens with one attached hydrogen (secondary N) is 2. The van der Waals surface area contributed by atoms with Crippen molar-refractivity contribution in [3.05, 3.63) is 21.8 Å². The predicted octanol–water partition coefficient (Wildman–Crippen LogP) is 1.76. The fourth-order valence-corrected chi connectivity index (χ4v) is 4.42. The minimum Gasteiger partial charge on any atom is -0.469 e. The van der Waals surface area contributed by atoms with Gasteiger partial charge in [0, 0.05) is 11.5 Å². The number of methoxy groups -OCH3 is 3. The fraction of sp³-hybridized carbons (Fsp3) is 0.444. The largest absolute Gasteiger partial charge is 0.469 e. The molecule has 1 amide bonds. The van der Waals surface area contributed by atoms with Gasteiger partial charge in [-0.3, -0.25) is 14.7 Å². The zero-order chi connectivity index (χ0) is 22.5. The van der Waals surface area contributed by atoms with Gasteiger partial charge in [-0.1, -0.05) is 11.8 Å². The monoisotopic (exact) mass is 468 g/mol. The Labute approximate surface area is 185 Å². The van der Waals surface area contributed by atoms with Gasteiger partial charge in [-0.25, -0.2) is 14.6 Å². The smallest absolute Gasteiger partial charge is 0.348 e. The van der Waals surface area contributed by atoms with E-state index in [9.17, 15) is 19.2 Å². The summed E-state index contributed by atoms with van der Waals surface area (Å²) in [6, 6.07) is 0. The first kappa shape index (κ1) is 22.7. The summed E-state index contributed by atoms with van der Waals surface area (Å²) in [6.07, 6.45) is 1.78. The summed E-state index contributed by atoms with van der Waals surface area (Å²) in [5.74, 6) is -1.49. The summed E-state index contributed by atoms with van der Waals surface area (Å²) >= 11 is 1.95. The van der Waals surface area contributed by atoms with Crippen LogP contribution >= 0.6 is 23.1 Å². The highest BCUT2D eigenvalue weighted by molar-refractivity contribution is 7.99. The van der Waals surface area contributed by atoms with Crippen LogP contribution in [0.4, 0.5) is 5.00 Å². The standard InChI is InChI=1S/C18H20N4O7S2/c1-27-11(24)6-9-12(16(25)28-2)15(31-13(9)17(26)29-3)19-10(23)7-30-18-20-14(21-22-18)8-4-5-8/h8H,4-7H2,1-3H3,(H,19,23)(H,20,21,22). The van der Waals surface area contributed by atoms with Gasteiger partial charge in [-0.05, 0) is 12.8 Å². The number of amides is 1. The second kappa shape index (κ2) is 9.92. The van der Waals surface area contributed by atoms with Crippen LogP contribution in [0.3, 0.4) is 0 Å². The van der Waals surface area contributed by atoms with E-state index in [0.717, 1.165) is 48.9 Å². The van der Waals surface area contributed by atoms with Gasteiger partial charge in [-0.2, -0.15) is 0 Å². The molecule has 13 heteroatoms. The van der Waals surface area contributed by atoms with E-state index in [0.29, 0.717) is 11.1 Å². The summed E-state index contributed by atoms with van der Waals surface area (Å²) in [4.78, 5) is 53.2. The Morgan fingerprint density at radius 2 is 1.84 bits per heavy atom. The zero-order valence-electron chi connectivity index (χ0n) is 17.0. The Morgan fingerprint density at radius 3 is 2.45 bits per heavy atom. The molecule has 1 aliphatic rings. The van der Waals surface area contributed by atoms with Gasteiger partial charge in [0.15, 0.2) is 0 Å². The molecule has 0 aromatic carbocycles. The minimum absolute atomic E-state index is 0.000652. The summed E-state index contributed by atoms with van der Waals surface area (Å²) in [6.45, 7) is 0. The number of hydrogen-bond acceptors (Lipinski definition) is 11. The number of thiophene rings is 1. The Morgan fingerprint density at radius 1 is 1.13 bits per heavy atom. The molecule has 2 N–H and O–H groups in total. The molecule has 0 saturated heterocycles. The van der Waals surface area contributed by atoms with Crippen LogP contribution in [0.25, 0.3) is 0 Å². The fourth-order valence-electron chi connectivity index (χ4n) is 2.67. The number of thioether (sulfide) groups is 1. The third kappa shape index (κ3) is 5.41. The van der Waals surface area contributed by atoms with Crippen LogP contribution in [0.2, 0.25) is 0 Å². The maximum absolute atomic E-state index is 12.5. The molecule has 2 aromatic rings. The molecule has 3 rings (SSSR count). The number of ether oxygens (including phenoxy) is 3. The SMILES string of the molecule is COC(=O)Cc1c(C(=O)OC)sc(NC(=O)CSc2n[nH]c(C3CC3)n2)c1C(=O)OC. The van der Waals surface area contributed by atoms with Gasteiger partial charge < -0.3 is 19.5 Å². The first-order valence-corrected chi connectivity index (χ1v) is 10.9. The average molecular weight is 469 g/mol. The molecule has 0 aliphatic heterocycles. The van der Waals surface area contributed by atoms with Crippen LogP contribution in [0.15, 0.2) is 5.16 Å². The molecule has 1 fully saturated rings. The molecule has 0 atom stereocenters. The molecule has 2 heterocycles. The molecule has 0 spiro atoms. The van der Waals surface area contributed by atoms with E-state index in [4.69, 9.17) is 9.47 Å². The maximum Gasteiger partial charge on any atom is 0.348 e. The maximum atomic E-state index is 12.5. The molecule has 0 unspecified atom stereocenters. The quantitative estimate of drug-likeness (QED) is 0.317. The first-order valence-electron chi connectivity index (χ1n) is 9.11. The molecular formula is C18H20N4O7S2. The summed E-state index contributed by atoms with van der Waals surface area (Å²) in [5.41, 5.74) is -0.0212. The van der Waals surface area contributed by atoms with Crippen molar-refractivity contribution >= 4 is 51.9 Å². The van der Waals surface area contributed by atoms with Crippen molar-refractivity contribution < 1.29 is 33.4 Å². The molecule has 0 bridgehead atoms. The second-order valence-corrected chi connectivity index (χ2v) is 8.43. The molecule has 11 nitrogen and oxygen atoms in total. The number of hydrogen-bond donors (Lipinski definition) is 2. The minimum atomic E-state index is -0.809. The van der Waals surface area contributed by atoms with Crippen molar-refractivity contribution in [1.29, 1.82) is 0 Å². The van der Waals surface area contributed by atoms with Crippen molar-refractivity contribution in [2.75, 3.05) is 32.4 Å². The number of aromatic nitrogens is 3. The lowest BCUT2D eigenvalue weighted by atomic mass is 10.1. The van der Waals surface area contributed by atoms with Gasteiger partial charge in [0.25, 0.3) is 0 Å². The van der Waals surface area contributed by atoms with Gasteiger partial charge >= 0.3 is 17.9 Å². The van der Waals surface area contributed by atoms with E-state index in [1.165, 1.54) is 14.2 Å². The van der Waals surface area contributed by atoms with Crippen molar-refractivity contribution in [2.45, 2.75) is 30.3 Å². The summed E-state index contributed by atoms with van der Waals surface area (Å²) in [5, 5.41) is 10.0. The number of H-pyrrole nitrogens is 1. The van der Waals surface area contributed by atoms with Crippen LogP contribution in [0, 0.1) is 0 Å². The van der Waals surface area contributed by atoms with Crippen molar-refractivity contribution in [3.63, 3.8) is 0 Å². The van der Waals surface area contributed by atoms with E-state index < -0.39 is 23.8 Å². The summed E-state index contributed by atoms with van der Waals surface area (Å²) < 4.78 is 14.2. The lowest BCUT2D eigenvalue weighted by molar-refractivity contribution is -0.139. The number of carbonyl (C=O) groups is 4. The predicted molar refractivity (Wildman–Crippen MR) is 110 cm³/mol. The molecular weight excluding hydrogens is 448 g/mol. The zero-order valence-corrected chi connectivity index (χ0v) is 18.6. The highest BCUT2D eigenvalue weighted by Gasteiger charge is 2.31. The summed E-state index contributed by atoms with van der Waals surface area (Å²) in [7, 11) is 3.51. The Bertz CT molecular complexity index is 1010. The lowest BCUT2D eigenvalue weighted by Crippen LogP contribution is -2.17. The first-order chi connectivity index (χ1) is 14.9. The lowest BCUT2D eigenvalue weighted by Gasteiger charge is -2.07. The topological polar surface area (TPSA) is 150 Å². The number of nitrogens with zero attached hydrogens (tertiary/aromatic N) is 2. The molecule has 1 aliphatic carbocycles.